The minimum atomic E-state index is 0.0315. The van der Waals surface area contributed by atoms with Gasteiger partial charge in [-0.05, 0) is 25.0 Å². The zero-order valence-corrected chi connectivity index (χ0v) is 9.44. The summed E-state index contributed by atoms with van der Waals surface area (Å²) in [6.07, 6.45) is 0.829. The third kappa shape index (κ3) is 2.61. The predicted octanol–water partition coefficient (Wildman–Crippen LogP) is 1.98. The average molecular weight is 220 g/mol. The van der Waals surface area contributed by atoms with E-state index in [0.29, 0.717) is 13.2 Å². The lowest BCUT2D eigenvalue weighted by Gasteiger charge is -2.10. The van der Waals surface area contributed by atoms with Crippen LogP contribution in [0.15, 0.2) is 24.3 Å². The molecular formula is C13H16O3. The summed E-state index contributed by atoms with van der Waals surface area (Å²) < 4.78 is 10.7. The molecule has 1 atom stereocenters. The standard InChI is InChI=1S/C13H16O3/c1-10-4-2-3-5-13(10)16-9-12(14)11-6-7-15-8-11/h2-5,11H,6-9H2,1H3. The number of carbonyl (C=O) groups is 1. The Labute approximate surface area is 95.4 Å². The molecule has 0 saturated carbocycles. The van der Waals surface area contributed by atoms with Gasteiger partial charge in [-0.3, -0.25) is 4.79 Å². The lowest BCUT2D eigenvalue weighted by atomic mass is 10.0. The predicted molar refractivity (Wildman–Crippen MR) is 60.6 cm³/mol. The van der Waals surface area contributed by atoms with Crippen molar-refractivity contribution in [2.75, 3.05) is 19.8 Å². The molecule has 1 aliphatic rings. The van der Waals surface area contributed by atoms with Crippen molar-refractivity contribution >= 4 is 5.78 Å². The van der Waals surface area contributed by atoms with E-state index in [1.807, 2.05) is 31.2 Å². The van der Waals surface area contributed by atoms with Gasteiger partial charge in [0, 0.05) is 12.5 Å². The molecule has 0 spiro atoms. The maximum absolute atomic E-state index is 11.7. The van der Waals surface area contributed by atoms with Crippen LogP contribution in [0, 0.1) is 12.8 Å². The third-order valence-corrected chi connectivity index (χ3v) is 2.85. The van der Waals surface area contributed by atoms with Crippen LogP contribution in [0.4, 0.5) is 0 Å². The van der Waals surface area contributed by atoms with Gasteiger partial charge in [-0.25, -0.2) is 0 Å². The number of hydrogen-bond donors (Lipinski definition) is 0. The van der Waals surface area contributed by atoms with Gasteiger partial charge < -0.3 is 9.47 Å². The molecule has 0 bridgehead atoms. The summed E-state index contributed by atoms with van der Waals surface area (Å²) in [6, 6.07) is 7.71. The molecule has 1 unspecified atom stereocenters. The van der Waals surface area contributed by atoms with Crippen LogP contribution >= 0.6 is 0 Å². The minimum Gasteiger partial charge on any atom is -0.486 e. The lowest BCUT2D eigenvalue weighted by Crippen LogP contribution is -2.21. The molecule has 0 aliphatic carbocycles. The second-order valence-electron chi connectivity index (χ2n) is 4.08. The highest BCUT2D eigenvalue weighted by Gasteiger charge is 2.23. The van der Waals surface area contributed by atoms with E-state index in [0.717, 1.165) is 17.7 Å². The van der Waals surface area contributed by atoms with Crippen molar-refractivity contribution in [3.8, 4) is 5.75 Å². The molecule has 1 aromatic rings. The second-order valence-corrected chi connectivity index (χ2v) is 4.08. The van der Waals surface area contributed by atoms with Crippen molar-refractivity contribution in [2.45, 2.75) is 13.3 Å². The molecule has 0 aromatic heterocycles. The van der Waals surface area contributed by atoms with Crippen LogP contribution in [-0.4, -0.2) is 25.6 Å². The summed E-state index contributed by atoms with van der Waals surface area (Å²) in [7, 11) is 0. The Kier molecular flexibility index (Phi) is 3.57. The number of para-hydroxylation sites is 1. The zero-order valence-electron chi connectivity index (χ0n) is 9.44. The summed E-state index contributed by atoms with van der Waals surface area (Å²) in [5.41, 5.74) is 1.05. The molecule has 1 aliphatic heterocycles. The largest absolute Gasteiger partial charge is 0.486 e. The van der Waals surface area contributed by atoms with Crippen LogP contribution in [0.5, 0.6) is 5.75 Å². The molecule has 1 heterocycles. The minimum absolute atomic E-state index is 0.0315. The highest BCUT2D eigenvalue weighted by atomic mass is 16.5. The summed E-state index contributed by atoms with van der Waals surface area (Å²) in [5, 5.41) is 0. The Bertz CT molecular complexity index is 367. The number of ketones is 1. The Morgan fingerprint density at radius 2 is 2.31 bits per heavy atom. The molecule has 3 nitrogen and oxygen atoms in total. The van der Waals surface area contributed by atoms with Gasteiger partial charge in [-0.2, -0.15) is 0 Å². The summed E-state index contributed by atoms with van der Waals surface area (Å²) in [6.45, 7) is 3.37. The molecule has 1 saturated heterocycles. The monoisotopic (exact) mass is 220 g/mol. The zero-order chi connectivity index (χ0) is 11.4. The molecule has 16 heavy (non-hydrogen) atoms. The van der Waals surface area contributed by atoms with Gasteiger partial charge in [0.2, 0.25) is 0 Å². The number of rotatable bonds is 4. The Morgan fingerprint density at radius 1 is 1.50 bits per heavy atom. The molecule has 0 amide bonds. The average Bonchev–Trinajstić information content (AvgIpc) is 2.81. The van der Waals surface area contributed by atoms with E-state index in [2.05, 4.69) is 0 Å². The number of carbonyl (C=O) groups excluding carboxylic acids is 1. The fourth-order valence-electron chi connectivity index (χ4n) is 1.77. The molecule has 1 fully saturated rings. The molecule has 3 heteroatoms. The number of aryl methyl sites for hydroxylation is 1. The number of hydrogen-bond acceptors (Lipinski definition) is 3. The van der Waals surface area contributed by atoms with Crippen LogP contribution in [0.1, 0.15) is 12.0 Å². The topological polar surface area (TPSA) is 35.5 Å². The van der Waals surface area contributed by atoms with Crippen LogP contribution in [0.3, 0.4) is 0 Å². The summed E-state index contributed by atoms with van der Waals surface area (Å²) >= 11 is 0. The third-order valence-electron chi connectivity index (χ3n) is 2.85. The van der Waals surface area contributed by atoms with E-state index >= 15 is 0 Å². The first kappa shape index (κ1) is 11.1. The van der Waals surface area contributed by atoms with Gasteiger partial charge in [0.15, 0.2) is 5.78 Å². The number of benzene rings is 1. The molecule has 0 radical (unpaired) electrons. The van der Waals surface area contributed by atoms with Crippen molar-refractivity contribution < 1.29 is 14.3 Å². The molecule has 2 rings (SSSR count). The molecular weight excluding hydrogens is 204 g/mol. The normalized spacial score (nSPS) is 19.7. The van der Waals surface area contributed by atoms with Crippen molar-refractivity contribution in [3.05, 3.63) is 29.8 Å². The molecule has 1 aromatic carbocycles. The van der Waals surface area contributed by atoms with E-state index in [4.69, 9.17) is 9.47 Å². The second kappa shape index (κ2) is 5.12. The Morgan fingerprint density at radius 3 is 3.00 bits per heavy atom. The number of ether oxygens (including phenoxy) is 2. The first-order chi connectivity index (χ1) is 7.77. The fourth-order valence-corrected chi connectivity index (χ4v) is 1.77. The first-order valence-corrected chi connectivity index (χ1v) is 5.56. The van der Waals surface area contributed by atoms with Crippen molar-refractivity contribution in [1.29, 1.82) is 0 Å². The SMILES string of the molecule is Cc1ccccc1OCC(=O)C1CCOC1. The maximum Gasteiger partial charge on any atom is 0.175 e. The lowest BCUT2D eigenvalue weighted by molar-refractivity contribution is -0.124. The van der Waals surface area contributed by atoms with Gasteiger partial charge in [0.05, 0.1) is 6.61 Å². The quantitative estimate of drug-likeness (QED) is 0.778. The molecule has 0 N–H and O–H groups in total. The number of Topliss-reactive ketones (excluding diaryl/α,β-unsaturated/α-hetero) is 1. The van der Waals surface area contributed by atoms with Gasteiger partial charge in [0.1, 0.15) is 12.4 Å². The van der Waals surface area contributed by atoms with E-state index in [-0.39, 0.29) is 18.3 Å². The smallest absolute Gasteiger partial charge is 0.175 e. The summed E-state index contributed by atoms with van der Waals surface area (Å²) in [5.74, 6) is 0.958. The van der Waals surface area contributed by atoms with Gasteiger partial charge in [0.25, 0.3) is 0 Å². The van der Waals surface area contributed by atoms with Crippen molar-refractivity contribution in [2.24, 2.45) is 5.92 Å². The summed E-state index contributed by atoms with van der Waals surface area (Å²) in [4.78, 5) is 11.7. The Balaban J connectivity index is 1.87. The van der Waals surface area contributed by atoms with E-state index in [1.165, 1.54) is 0 Å². The van der Waals surface area contributed by atoms with Crippen LogP contribution < -0.4 is 4.74 Å². The van der Waals surface area contributed by atoms with Gasteiger partial charge >= 0.3 is 0 Å². The fraction of sp³-hybridized carbons (Fsp3) is 0.462. The van der Waals surface area contributed by atoms with Crippen LogP contribution in [0.2, 0.25) is 0 Å². The first-order valence-electron chi connectivity index (χ1n) is 5.56. The highest BCUT2D eigenvalue weighted by molar-refractivity contribution is 5.82. The van der Waals surface area contributed by atoms with Gasteiger partial charge in [-0.15, -0.1) is 0 Å². The molecule has 86 valence electrons. The van der Waals surface area contributed by atoms with E-state index in [1.54, 1.807) is 0 Å². The van der Waals surface area contributed by atoms with Crippen LogP contribution in [-0.2, 0) is 9.53 Å². The highest BCUT2D eigenvalue weighted by Crippen LogP contribution is 2.18. The van der Waals surface area contributed by atoms with Crippen molar-refractivity contribution in [3.63, 3.8) is 0 Å². The maximum atomic E-state index is 11.7. The van der Waals surface area contributed by atoms with E-state index in [9.17, 15) is 4.79 Å². The Hall–Kier alpha value is -1.35. The van der Waals surface area contributed by atoms with Crippen molar-refractivity contribution in [1.82, 2.24) is 0 Å². The van der Waals surface area contributed by atoms with Crippen LogP contribution in [0.25, 0.3) is 0 Å². The van der Waals surface area contributed by atoms with Gasteiger partial charge in [-0.1, -0.05) is 18.2 Å². The van der Waals surface area contributed by atoms with E-state index < -0.39 is 0 Å².